The Kier molecular flexibility index (Phi) is 6.16. The third-order valence-corrected chi connectivity index (χ3v) is 5.07. The fourth-order valence-corrected chi connectivity index (χ4v) is 3.43. The number of hydrogen-bond donors (Lipinski definition) is 0. The van der Waals surface area contributed by atoms with Crippen molar-refractivity contribution in [1.29, 1.82) is 0 Å². The summed E-state index contributed by atoms with van der Waals surface area (Å²) in [6.45, 7) is 1.67. The van der Waals surface area contributed by atoms with E-state index < -0.39 is 6.10 Å². The number of rotatable bonds is 6. The first-order valence-corrected chi connectivity index (χ1v) is 9.30. The Morgan fingerprint density at radius 2 is 1.85 bits per heavy atom. The maximum Gasteiger partial charge on any atom is 0.352 e. The van der Waals surface area contributed by atoms with Crippen LogP contribution in [-0.2, 0) is 9.53 Å². The van der Waals surface area contributed by atoms with Gasteiger partial charge >= 0.3 is 5.97 Å². The molecule has 0 spiro atoms. The summed E-state index contributed by atoms with van der Waals surface area (Å²) in [5.74, 6) is 0.923. The van der Waals surface area contributed by atoms with Gasteiger partial charge in [0, 0.05) is 23.1 Å². The van der Waals surface area contributed by atoms with Gasteiger partial charge in [0.15, 0.2) is 0 Å². The molecule has 26 heavy (non-hydrogen) atoms. The van der Waals surface area contributed by atoms with Crippen LogP contribution in [0.1, 0.15) is 18.1 Å². The van der Waals surface area contributed by atoms with E-state index in [2.05, 4.69) is 20.8 Å². The highest BCUT2D eigenvalue weighted by molar-refractivity contribution is 9.10. The van der Waals surface area contributed by atoms with Crippen LogP contribution >= 0.6 is 15.9 Å². The molecule has 1 saturated heterocycles. The van der Waals surface area contributed by atoms with Crippen LogP contribution in [0.4, 0.5) is 0 Å². The lowest BCUT2D eigenvalue weighted by Gasteiger charge is -2.22. The largest absolute Gasteiger partial charge is 0.497 e. The van der Waals surface area contributed by atoms with Crippen molar-refractivity contribution >= 4 is 21.9 Å². The van der Waals surface area contributed by atoms with Crippen LogP contribution in [0.3, 0.4) is 0 Å². The molecule has 0 radical (unpaired) electrons. The summed E-state index contributed by atoms with van der Waals surface area (Å²) in [4.78, 5) is 15.0. The molecule has 2 aromatic carbocycles. The molecular formula is C20H22BrNO4. The highest BCUT2D eigenvalue weighted by Crippen LogP contribution is 2.30. The zero-order chi connectivity index (χ0) is 18.5. The molecule has 0 N–H and O–H groups in total. The molecule has 1 aliphatic rings. The molecule has 5 nitrogen and oxygen atoms in total. The molecule has 0 saturated carbocycles. The van der Waals surface area contributed by atoms with Crippen LogP contribution in [0, 0.1) is 0 Å². The number of methoxy groups -OCH3 is 1. The van der Waals surface area contributed by atoms with Gasteiger partial charge in [0.2, 0.25) is 6.10 Å². The molecule has 138 valence electrons. The monoisotopic (exact) mass is 419 g/mol. The Bertz CT molecular complexity index is 750. The van der Waals surface area contributed by atoms with Gasteiger partial charge in [-0.1, -0.05) is 34.1 Å². The van der Waals surface area contributed by atoms with Crippen molar-refractivity contribution < 1.29 is 19.0 Å². The minimum Gasteiger partial charge on any atom is -0.497 e. The van der Waals surface area contributed by atoms with Gasteiger partial charge in [-0.05, 0) is 43.8 Å². The molecule has 1 aliphatic heterocycles. The number of ether oxygens (including phenoxy) is 3. The summed E-state index contributed by atoms with van der Waals surface area (Å²) in [6, 6.07) is 14.7. The van der Waals surface area contributed by atoms with Crippen LogP contribution in [0.5, 0.6) is 11.5 Å². The number of likely N-dealkylation sites (tertiary alicyclic amines) is 1. The van der Waals surface area contributed by atoms with Crippen molar-refractivity contribution in [3.05, 3.63) is 58.6 Å². The second-order valence-corrected chi connectivity index (χ2v) is 7.16. The van der Waals surface area contributed by atoms with Gasteiger partial charge in [0.25, 0.3) is 0 Å². The standard InChI is InChI=1S/C20H22BrNO4/c1-22-12-11-16(13-22)26-20(23)19(17-5-3-4-6-18(17)21)25-15-9-7-14(24-2)8-10-15/h3-10,16,19H,11-13H2,1-2H3. The number of benzene rings is 2. The molecule has 3 rings (SSSR count). The molecule has 0 aliphatic carbocycles. The van der Waals surface area contributed by atoms with E-state index in [0.29, 0.717) is 5.75 Å². The molecule has 2 unspecified atom stereocenters. The highest BCUT2D eigenvalue weighted by atomic mass is 79.9. The van der Waals surface area contributed by atoms with Crippen molar-refractivity contribution in [3.63, 3.8) is 0 Å². The lowest BCUT2D eigenvalue weighted by Crippen LogP contribution is -2.28. The molecule has 0 amide bonds. The molecule has 1 heterocycles. The first-order valence-electron chi connectivity index (χ1n) is 8.51. The zero-order valence-electron chi connectivity index (χ0n) is 14.9. The van der Waals surface area contributed by atoms with Crippen molar-refractivity contribution in [2.75, 3.05) is 27.2 Å². The number of likely N-dealkylation sites (N-methyl/N-ethyl adjacent to an activating group) is 1. The van der Waals surface area contributed by atoms with E-state index in [9.17, 15) is 4.79 Å². The van der Waals surface area contributed by atoms with Crippen LogP contribution in [0.25, 0.3) is 0 Å². The van der Waals surface area contributed by atoms with Gasteiger partial charge in [-0.3, -0.25) is 0 Å². The molecule has 1 fully saturated rings. The van der Waals surface area contributed by atoms with Crippen molar-refractivity contribution in [2.45, 2.75) is 18.6 Å². The SMILES string of the molecule is COc1ccc(OC(C(=O)OC2CCN(C)C2)c2ccccc2Br)cc1. The summed E-state index contributed by atoms with van der Waals surface area (Å²) in [5.41, 5.74) is 0.736. The van der Waals surface area contributed by atoms with Crippen molar-refractivity contribution in [3.8, 4) is 11.5 Å². The topological polar surface area (TPSA) is 48.0 Å². The van der Waals surface area contributed by atoms with Gasteiger partial charge in [-0.2, -0.15) is 0 Å². The maximum absolute atomic E-state index is 12.9. The average molecular weight is 420 g/mol. The second kappa shape index (κ2) is 8.56. The highest BCUT2D eigenvalue weighted by Gasteiger charge is 2.31. The van der Waals surface area contributed by atoms with E-state index >= 15 is 0 Å². The molecule has 0 bridgehead atoms. The number of esters is 1. The summed E-state index contributed by atoms with van der Waals surface area (Å²) < 4.78 is 17.7. The van der Waals surface area contributed by atoms with Gasteiger partial charge in [-0.15, -0.1) is 0 Å². The predicted octanol–water partition coefficient (Wildman–Crippen LogP) is 3.83. The summed E-state index contributed by atoms with van der Waals surface area (Å²) in [7, 11) is 3.63. The quantitative estimate of drug-likeness (QED) is 0.665. The fraction of sp³-hybridized carbons (Fsp3) is 0.350. The Balaban J connectivity index is 1.81. The number of nitrogens with zero attached hydrogens (tertiary/aromatic N) is 1. The lowest BCUT2D eigenvalue weighted by molar-refractivity contribution is -0.157. The number of carbonyl (C=O) groups is 1. The average Bonchev–Trinajstić information content (AvgIpc) is 3.05. The third kappa shape index (κ3) is 4.56. The number of hydrogen-bond acceptors (Lipinski definition) is 5. The van der Waals surface area contributed by atoms with E-state index in [1.165, 1.54) is 0 Å². The predicted molar refractivity (Wildman–Crippen MR) is 102 cm³/mol. The molecule has 2 aromatic rings. The summed E-state index contributed by atoms with van der Waals surface area (Å²) in [5, 5.41) is 0. The second-order valence-electron chi connectivity index (χ2n) is 6.30. The van der Waals surface area contributed by atoms with E-state index in [0.717, 1.165) is 35.3 Å². The Morgan fingerprint density at radius 3 is 2.46 bits per heavy atom. The molecule has 6 heteroatoms. The Hall–Kier alpha value is -2.05. The maximum atomic E-state index is 12.9. The smallest absolute Gasteiger partial charge is 0.352 e. The summed E-state index contributed by atoms with van der Waals surface area (Å²) in [6.07, 6.45) is -0.102. The lowest BCUT2D eigenvalue weighted by atomic mass is 10.1. The van der Waals surface area contributed by atoms with Crippen LogP contribution in [-0.4, -0.2) is 44.2 Å². The minimum absolute atomic E-state index is 0.100. The van der Waals surface area contributed by atoms with Crippen LogP contribution in [0.2, 0.25) is 0 Å². The Morgan fingerprint density at radius 1 is 1.15 bits per heavy atom. The normalized spacial score (nSPS) is 18.3. The van der Waals surface area contributed by atoms with Crippen LogP contribution < -0.4 is 9.47 Å². The first-order chi connectivity index (χ1) is 12.6. The zero-order valence-corrected chi connectivity index (χ0v) is 16.4. The van der Waals surface area contributed by atoms with Crippen LogP contribution in [0.15, 0.2) is 53.0 Å². The third-order valence-electron chi connectivity index (χ3n) is 4.35. The van der Waals surface area contributed by atoms with Gasteiger partial charge in [0.05, 0.1) is 7.11 Å². The molecule has 2 atom stereocenters. The van der Waals surface area contributed by atoms with Gasteiger partial charge in [0.1, 0.15) is 17.6 Å². The van der Waals surface area contributed by atoms with E-state index in [-0.39, 0.29) is 12.1 Å². The first kappa shape index (κ1) is 18.7. The van der Waals surface area contributed by atoms with Gasteiger partial charge in [-0.25, -0.2) is 4.79 Å². The van der Waals surface area contributed by atoms with Crippen molar-refractivity contribution in [1.82, 2.24) is 4.90 Å². The minimum atomic E-state index is -0.843. The van der Waals surface area contributed by atoms with E-state index in [4.69, 9.17) is 14.2 Å². The summed E-state index contributed by atoms with van der Waals surface area (Å²) >= 11 is 3.51. The van der Waals surface area contributed by atoms with Crippen molar-refractivity contribution in [2.24, 2.45) is 0 Å². The number of carbonyl (C=O) groups excluding carboxylic acids is 1. The fourth-order valence-electron chi connectivity index (χ4n) is 2.93. The van der Waals surface area contributed by atoms with E-state index in [1.807, 2.05) is 31.3 Å². The Labute approximate surface area is 162 Å². The molecule has 0 aromatic heterocycles. The van der Waals surface area contributed by atoms with Gasteiger partial charge < -0.3 is 19.1 Å². The number of halogens is 1. The molecular weight excluding hydrogens is 398 g/mol. The van der Waals surface area contributed by atoms with E-state index in [1.54, 1.807) is 31.4 Å².